The van der Waals surface area contributed by atoms with Gasteiger partial charge in [0, 0.05) is 77.9 Å². The largest absolute Gasteiger partial charge is 0.310 e. The molecule has 0 aliphatic carbocycles. The van der Waals surface area contributed by atoms with Crippen LogP contribution in [0.5, 0.6) is 0 Å². The summed E-state index contributed by atoms with van der Waals surface area (Å²) in [6.07, 6.45) is 0. The highest BCUT2D eigenvalue weighted by atomic mass is 15.2. The van der Waals surface area contributed by atoms with E-state index in [0.29, 0.717) is 0 Å². The molecule has 21 rings (SSSR count). The van der Waals surface area contributed by atoms with Crippen LogP contribution in [-0.4, -0.2) is 15.8 Å². The summed E-state index contributed by atoms with van der Waals surface area (Å²) in [4.78, 5) is 5.41. The van der Waals surface area contributed by atoms with E-state index in [4.69, 9.17) is 0 Å². The van der Waals surface area contributed by atoms with Gasteiger partial charge in [-0.1, -0.05) is 311 Å². The van der Waals surface area contributed by atoms with Gasteiger partial charge in [0.05, 0.1) is 33.4 Å². The molecule has 0 radical (unpaired) electrons. The maximum Gasteiger partial charge on any atom is 0.252 e. The second-order valence-electron chi connectivity index (χ2n) is 30.2. The van der Waals surface area contributed by atoms with E-state index in [-0.39, 0.29) is 12.6 Å². The van der Waals surface area contributed by atoms with Crippen LogP contribution in [0.2, 0.25) is 0 Å². The van der Waals surface area contributed by atoms with E-state index in [9.17, 15) is 0 Å². The molecule has 0 amide bonds. The molecule has 0 saturated heterocycles. The van der Waals surface area contributed by atoms with Gasteiger partial charge in [-0.15, -0.1) is 0 Å². The zero-order valence-corrected chi connectivity index (χ0v) is 62.0. The fourth-order valence-electron chi connectivity index (χ4n) is 18.2. The molecule has 17 aromatic carbocycles. The van der Waals surface area contributed by atoms with Crippen molar-refractivity contribution in [1.29, 1.82) is 0 Å². The maximum absolute atomic E-state index is 2.71. The van der Waals surface area contributed by atoms with Gasteiger partial charge in [-0.2, -0.15) is 0 Å². The van der Waals surface area contributed by atoms with E-state index < -0.39 is 0 Å². The molecule has 0 atom stereocenters. The standard InChI is InChI=1S/C106H75BN4/c1-69(2)83-65-92(74-35-14-7-15-36-74)106(93(66-83)82-44-27-42-80(64-82)78-40-25-38-76(62-78)72-31-10-5-11-32-72)111-101-68-85(109-98-53-22-18-47-90(98)91-48-19-23-54-99(91)109)56-58-95(101)107-94-57-55-84(108-96-51-20-16-45-88(96)89-46-17-21-52-97(89)108)67-100(94)110(102-59-70(3)60-103(111)104(102)107)105-86(73-33-12-6-13-34-73)49-28-50-87(105)81-43-26-41-79(63-81)77-39-24-37-75(61-77)71-29-8-4-9-30-71/h4-69H,1-3H3. The average molecular weight is 1420 g/mol. The minimum Gasteiger partial charge on any atom is -0.310 e. The molecule has 0 unspecified atom stereocenters. The molecule has 111 heavy (non-hydrogen) atoms. The highest BCUT2D eigenvalue weighted by molar-refractivity contribution is 7.00. The molecule has 5 heteroatoms. The third-order valence-electron chi connectivity index (χ3n) is 23.3. The molecular formula is C106H75BN4. The predicted octanol–water partition coefficient (Wildman–Crippen LogP) is 26.7. The summed E-state index contributed by atoms with van der Waals surface area (Å²) >= 11 is 0. The van der Waals surface area contributed by atoms with Crippen molar-refractivity contribution in [2.75, 3.05) is 9.80 Å². The normalized spacial score (nSPS) is 12.3. The first kappa shape index (κ1) is 65.3. The van der Waals surface area contributed by atoms with E-state index in [1.165, 1.54) is 65.8 Å². The average Bonchev–Trinajstić information content (AvgIpc) is 0.755. The lowest BCUT2D eigenvalue weighted by molar-refractivity contribution is 0.867. The van der Waals surface area contributed by atoms with Crippen molar-refractivity contribution in [3.05, 3.63) is 405 Å². The van der Waals surface area contributed by atoms with Crippen LogP contribution < -0.4 is 26.2 Å². The van der Waals surface area contributed by atoms with E-state index in [2.05, 4.69) is 434 Å². The Bertz CT molecular complexity index is 6780. The molecule has 19 aromatic rings. The third-order valence-corrected chi connectivity index (χ3v) is 23.3. The van der Waals surface area contributed by atoms with Crippen LogP contribution in [0.1, 0.15) is 30.9 Å². The number of benzene rings is 17. The van der Waals surface area contributed by atoms with Gasteiger partial charge in [0.15, 0.2) is 0 Å². The molecule has 0 fully saturated rings. The van der Waals surface area contributed by atoms with E-state index >= 15 is 0 Å². The number of aryl methyl sites for hydroxylation is 1. The van der Waals surface area contributed by atoms with Crippen LogP contribution in [0, 0.1) is 6.92 Å². The van der Waals surface area contributed by atoms with Crippen molar-refractivity contribution >= 4 is 101 Å². The van der Waals surface area contributed by atoms with Gasteiger partial charge >= 0.3 is 0 Å². The summed E-state index contributed by atoms with van der Waals surface area (Å²) in [5, 5.41) is 4.89. The van der Waals surface area contributed by atoms with Crippen LogP contribution in [0.15, 0.2) is 394 Å². The van der Waals surface area contributed by atoms with Crippen molar-refractivity contribution in [2.24, 2.45) is 0 Å². The smallest absolute Gasteiger partial charge is 0.252 e. The Kier molecular flexibility index (Phi) is 15.7. The van der Waals surface area contributed by atoms with Crippen LogP contribution >= 0.6 is 0 Å². The van der Waals surface area contributed by atoms with Crippen molar-refractivity contribution in [3.63, 3.8) is 0 Å². The SMILES string of the molecule is Cc1cc2c3c(c1)N(c1c(-c4ccccc4)cc(C(C)C)cc1-c1cccc(-c4cccc(-c5ccccc5)c4)c1)c1cc(-n4c5ccccc5c5ccccc54)ccc1B3c1ccc(-n3c4ccccc4c4ccccc43)cc1N2c1c(-c2ccccc2)cccc1-c1cccc(-c2cccc(-c3ccccc3)c2)c1. The fraction of sp³-hybridized carbons (Fsp3) is 0.0377. The third kappa shape index (κ3) is 11.0. The Morgan fingerprint density at radius 1 is 0.234 bits per heavy atom. The van der Waals surface area contributed by atoms with Crippen LogP contribution in [0.25, 0.3) is 144 Å². The second-order valence-corrected chi connectivity index (χ2v) is 30.2. The molecule has 0 N–H and O–H groups in total. The molecule has 4 heterocycles. The number of fused-ring (bicyclic) bond motifs is 10. The van der Waals surface area contributed by atoms with E-state index in [0.717, 1.165) is 140 Å². The van der Waals surface area contributed by atoms with Crippen LogP contribution in [0.3, 0.4) is 0 Å². The number of hydrogen-bond donors (Lipinski definition) is 0. The Labute approximate surface area is 648 Å². The number of hydrogen-bond acceptors (Lipinski definition) is 2. The first-order chi connectivity index (χ1) is 54.8. The number of rotatable bonds is 13. The van der Waals surface area contributed by atoms with Gasteiger partial charge in [-0.3, -0.25) is 0 Å². The minimum atomic E-state index is -0.251. The number of nitrogens with zero attached hydrogens (tertiary/aromatic N) is 4. The monoisotopic (exact) mass is 1410 g/mol. The lowest BCUT2D eigenvalue weighted by atomic mass is 9.33. The Morgan fingerprint density at radius 2 is 0.532 bits per heavy atom. The molecule has 0 bridgehead atoms. The number of para-hydroxylation sites is 5. The first-order valence-corrected chi connectivity index (χ1v) is 38.8. The van der Waals surface area contributed by atoms with Crippen LogP contribution in [0.4, 0.5) is 34.1 Å². The molecule has 2 aromatic heterocycles. The maximum atomic E-state index is 2.71. The summed E-state index contributed by atoms with van der Waals surface area (Å²) in [6, 6.07) is 148. The van der Waals surface area contributed by atoms with Crippen molar-refractivity contribution in [1.82, 2.24) is 9.13 Å². The van der Waals surface area contributed by atoms with Crippen molar-refractivity contribution in [2.45, 2.75) is 26.7 Å². The zero-order chi connectivity index (χ0) is 73.8. The van der Waals surface area contributed by atoms with Gasteiger partial charge in [0.1, 0.15) is 0 Å². The topological polar surface area (TPSA) is 16.3 Å². The Balaban J connectivity index is 0.880. The number of anilines is 6. The van der Waals surface area contributed by atoms with Gasteiger partial charge in [-0.05, 0) is 204 Å². The summed E-state index contributed by atoms with van der Waals surface area (Å²) in [5.74, 6) is 0.203. The van der Waals surface area contributed by atoms with Gasteiger partial charge < -0.3 is 18.9 Å². The van der Waals surface area contributed by atoms with Crippen molar-refractivity contribution in [3.8, 4) is 100 Å². The fourth-order valence-corrected chi connectivity index (χ4v) is 18.2. The molecule has 522 valence electrons. The van der Waals surface area contributed by atoms with Gasteiger partial charge in [-0.25, -0.2) is 0 Å². The molecule has 2 aliphatic heterocycles. The highest BCUT2D eigenvalue weighted by Gasteiger charge is 2.46. The molecular weight excluding hydrogens is 1340 g/mol. The molecule has 4 nitrogen and oxygen atoms in total. The zero-order valence-electron chi connectivity index (χ0n) is 62.0. The van der Waals surface area contributed by atoms with Crippen molar-refractivity contribution < 1.29 is 0 Å². The predicted molar refractivity (Wildman–Crippen MR) is 471 cm³/mol. The van der Waals surface area contributed by atoms with E-state index in [1.54, 1.807) is 0 Å². The van der Waals surface area contributed by atoms with Gasteiger partial charge in [0.25, 0.3) is 6.71 Å². The lowest BCUT2D eigenvalue weighted by Crippen LogP contribution is -2.61. The highest BCUT2D eigenvalue weighted by Crippen LogP contribution is 2.55. The summed E-state index contributed by atoms with van der Waals surface area (Å²) in [5.41, 5.74) is 38.1. The van der Waals surface area contributed by atoms with Crippen LogP contribution in [-0.2, 0) is 0 Å². The quantitative estimate of drug-likeness (QED) is 0.107. The molecule has 2 aliphatic rings. The summed E-state index contributed by atoms with van der Waals surface area (Å²) in [7, 11) is 0. The Hall–Kier alpha value is -14.0. The van der Waals surface area contributed by atoms with E-state index in [1.807, 2.05) is 0 Å². The summed E-state index contributed by atoms with van der Waals surface area (Å²) < 4.78 is 4.99. The molecule has 0 spiro atoms. The summed E-state index contributed by atoms with van der Waals surface area (Å²) in [6.45, 7) is 6.75. The lowest BCUT2D eigenvalue weighted by Gasteiger charge is -2.46. The first-order valence-electron chi connectivity index (χ1n) is 38.8. The molecule has 0 saturated carbocycles. The number of aromatic nitrogens is 2. The minimum absolute atomic E-state index is 0.203. The van der Waals surface area contributed by atoms with Gasteiger partial charge in [0.2, 0.25) is 0 Å². The Morgan fingerprint density at radius 3 is 0.937 bits per heavy atom. The second kappa shape index (κ2) is 26.7.